The van der Waals surface area contributed by atoms with Gasteiger partial charge in [0.25, 0.3) is 0 Å². The highest BCUT2D eigenvalue weighted by Gasteiger charge is 2.23. The molecule has 1 amide bonds. The van der Waals surface area contributed by atoms with Gasteiger partial charge in [0.2, 0.25) is 5.91 Å². The first kappa shape index (κ1) is 16.4. The Morgan fingerprint density at radius 2 is 2.38 bits per heavy atom. The Bertz CT molecular complexity index is 486. The van der Waals surface area contributed by atoms with Crippen molar-refractivity contribution >= 4 is 27.7 Å². The van der Waals surface area contributed by atoms with Crippen molar-refractivity contribution in [3.05, 3.63) is 22.8 Å². The smallest absolute Gasteiger partial charge is 0.226 e. The molecule has 0 radical (unpaired) electrons. The minimum absolute atomic E-state index is 0.0416. The fraction of sp³-hybridized carbons (Fsp3) is 0.571. The summed E-state index contributed by atoms with van der Waals surface area (Å²) in [4.78, 5) is 20.4. The van der Waals surface area contributed by atoms with Gasteiger partial charge in [0.05, 0.1) is 6.61 Å². The lowest BCUT2D eigenvalue weighted by Gasteiger charge is -2.38. The molecular weight excluding hydrogens is 336 g/mol. The molecule has 1 saturated heterocycles. The predicted octanol–water partition coefficient (Wildman–Crippen LogP) is 0.781. The number of piperazine rings is 1. The number of nitrogens with one attached hydrogen (secondary N) is 1. The molecule has 21 heavy (non-hydrogen) atoms. The molecule has 1 aliphatic rings. The minimum atomic E-state index is -0.0416. The molecule has 1 atom stereocenters. The normalized spacial score (nSPS) is 20.4. The van der Waals surface area contributed by atoms with E-state index in [2.05, 4.69) is 36.0 Å². The quantitative estimate of drug-likeness (QED) is 0.815. The van der Waals surface area contributed by atoms with Crippen molar-refractivity contribution in [1.29, 1.82) is 0 Å². The molecule has 0 aromatic carbocycles. The molecule has 1 aromatic rings. The average Bonchev–Trinajstić information content (AvgIpc) is 2.46. The summed E-state index contributed by atoms with van der Waals surface area (Å²) < 4.78 is 0.887. The third-order valence-corrected chi connectivity index (χ3v) is 4.21. The molecule has 116 valence electrons. The fourth-order valence-electron chi connectivity index (χ4n) is 2.35. The number of aliphatic hydroxyl groups excluding tert-OH is 1. The number of halogens is 1. The highest BCUT2D eigenvalue weighted by Crippen LogP contribution is 2.13. The van der Waals surface area contributed by atoms with Crippen LogP contribution in [0.4, 0.5) is 5.82 Å². The third kappa shape index (κ3) is 5.03. The number of likely N-dealkylation sites (N-methyl/N-ethyl adjacent to an activating group) is 1. The molecule has 0 spiro atoms. The van der Waals surface area contributed by atoms with Crippen molar-refractivity contribution in [2.24, 2.45) is 0 Å². The molecule has 6 nitrogen and oxygen atoms in total. The summed E-state index contributed by atoms with van der Waals surface area (Å²) in [6, 6.07) is 3.75. The minimum Gasteiger partial charge on any atom is -0.395 e. The maximum absolute atomic E-state index is 11.9. The van der Waals surface area contributed by atoms with Gasteiger partial charge in [0, 0.05) is 49.3 Å². The van der Waals surface area contributed by atoms with Gasteiger partial charge in [0.15, 0.2) is 0 Å². The Kier molecular flexibility index (Phi) is 6.10. The van der Waals surface area contributed by atoms with E-state index >= 15 is 0 Å². The van der Waals surface area contributed by atoms with E-state index in [0.717, 1.165) is 24.1 Å². The molecule has 1 aromatic heterocycles. The van der Waals surface area contributed by atoms with Crippen LogP contribution in [0.2, 0.25) is 0 Å². The second-order valence-electron chi connectivity index (χ2n) is 5.28. The topological polar surface area (TPSA) is 68.7 Å². The lowest BCUT2D eigenvalue weighted by Crippen LogP contribution is -2.53. The molecule has 0 aliphatic carbocycles. The van der Waals surface area contributed by atoms with Gasteiger partial charge in [-0.05, 0) is 19.2 Å². The second kappa shape index (κ2) is 7.84. The van der Waals surface area contributed by atoms with Gasteiger partial charge in [-0.3, -0.25) is 14.6 Å². The Morgan fingerprint density at radius 1 is 1.57 bits per heavy atom. The fourth-order valence-corrected chi connectivity index (χ4v) is 2.68. The SMILES string of the molecule is CN1CCN(CCC(=O)Nc2cc(Br)ccn2)CC1CO. The van der Waals surface area contributed by atoms with Crippen molar-refractivity contribution in [3.63, 3.8) is 0 Å². The largest absolute Gasteiger partial charge is 0.395 e. The second-order valence-corrected chi connectivity index (χ2v) is 6.19. The van der Waals surface area contributed by atoms with Gasteiger partial charge >= 0.3 is 0 Å². The van der Waals surface area contributed by atoms with Crippen molar-refractivity contribution in [1.82, 2.24) is 14.8 Å². The lowest BCUT2D eigenvalue weighted by atomic mass is 10.2. The number of nitrogens with zero attached hydrogens (tertiary/aromatic N) is 3. The average molecular weight is 357 g/mol. The Labute approximate surface area is 133 Å². The molecule has 0 saturated carbocycles. The van der Waals surface area contributed by atoms with E-state index in [-0.39, 0.29) is 18.6 Å². The van der Waals surface area contributed by atoms with Crippen LogP contribution in [0.25, 0.3) is 0 Å². The first-order valence-electron chi connectivity index (χ1n) is 7.03. The van der Waals surface area contributed by atoms with Crippen LogP contribution in [0.5, 0.6) is 0 Å². The van der Waals surface area contributed by atoms with Crippen LogP contribution >= 0.6 is 15.9 Å². The molecule has 0 bridgehead atoms. The summed E-state index contributed by atoms with van der Waals surface area (Å²) >= 11 is 3.35. The summed E-state index contributed by atoms with van der Waals surface area (Å²) in [6.45, 7) is 3.50. The van der Waals surface area contributed by atoms with Gasteiger partial charge in [-0.25, -0.2) is 4.98 Å². The van der Waals surface area contributed by atoms with Crippen LogP contribution in [0.3, 0.4) is 0 Å². The van der Waals surface area contributed by atoms with Crippen molar-refractivity contribution < 1.29 is 9.90 Å². The number of hydrogen-bond acceptors (Lipinski definition) is 5. The molecule has 2 heterocycles. The lowest BCUT2D eigenvalue weighted by molar-refractivity contribution is -0.116. The first-order valence-corrected chi connectivity index (χ1v) is 7.82. The number of pyridine rings is 1. The zero-order valence-electron chi connectivity index (χ0n) is 12.1. The predicted molar refractivity (Wildman–Crippen MR) is 85.1 cm³/mol. The van der Waals surface area contributed by atoms with Gasteiger partial charge < -0.3 is 10.4 Å². The maximum atomic E-state index is 11.9. The van der Waals surface area contributed by atoms with Crippen molar-refractivity contribution in [2.45, 2.75) is 12.5 Å². The van der Waals surface area contributed by atoms with Crippen LogP contribution in [-0.4, -0.2) is 71.7 Å². The molecular formula is C14H21BrN4O2. The zero-order chi connectivity index (χ0) is 15.2. The van der Waals surface area contributed by atoms with Crippen LogP contribution < -0.4 is 5.32 Å². The van der Waals surface area contributed by atoms with E-state index in [1.54, 1.807) is 12.3 Å². The first-order chi connectivity index (χ1) is 10.1. The number of aliphatic hydroxyl groups is 1. The third-order valence-electron chi connectivity index (χ3n) is 3.72. The van der Waals surface area contributed by atoms with Gasteiger partial charge in [-0.1, -0.05) is 15.9 Å². The monoisotopic (exact) mass is 356 g/mol. The van der Waals surface area contributed by atoms with Crippen LogP contribution in [0.1, 0.15) is 6.42 Å². The van der Waals surface area contributed by atoms with Gasteiger partial charge in [-0.2, -0.15) is 0 Å². The highest BCUT2D eigenvalue weighted by molar-refractivity contribution is 9.10. The Balaban J connectivity index is 1.76. The van der Waals surface area contributed by atoms with Crippen molar-refractivity contribution in [3.8, 4) is 0 Å². The van der Waals surface area contributed by atoms with E-state index < -0.39 is 0 Å². The van der Waals surface area contributed by atoms with Gasteiger partial charge in [0.1, 0.15) is 5.82 Å². The molecule has 1 aliphatic heterocycles. The number of anilines is 1. The Morgan fingerprint density at radius 3 is 3.10 bits per heavy atom. The molecule has 2 rings (SSSR count). The molecule has 7 heteroatoms. The number of carbonyl (C=O) groups excluding carboxylic acids is 1. The van der Waals surface area contributed by atoms with Crippen LogP contribution in [0, 0.1) is 0 Å². The standard InChI is InChI=1S/C14H21BrN4O2/c1-18-6-7-19(9-12(18)10-20)5-3-14(21)17-13-8-11(15)2-4-16-13/h2,4,8,12,20H,3,5-7,9-10H2,1H3,(H,16,17,21). The summed E-state index contributed by atoms with van der Waals surface area (Å²) in [5, 5.41) is 12.1. The molecule has 1 fully saturated rings. The summed E-state index contributed by atoms with van der Waals surface area (Å²) in [5.41, 5.74) is 0. The summed E-state index contributed by atoms with van der Waals surface area (Å²) in [6.07, 6.45) is 2.07. The van der Waals surface area contributed by atoms with Gasteiger partial charge in [-0.15, -0.1) is 0 Å². The number of amides is 1. The summed E-state index contributed by atoms with van der Waals surface area (Å²) in [5.74, 6) is 0.515. The Hall–Kier alpha value is -1.02. The van der Waals surface area contributed by atoms with E-state index in [4.69, 9.17) is 0 Å². The number of rotatable bonds is 5. The highest BCUT2D eigenvalue weighted by atomic mass is 79.9. The van der Waals surface area contributed by atoms with Crippen LogP contribution in [-0.2, 0) is 4.79 Å². The van der Waals surface area contributed by atoms with Crippen LogP contribution in [0.15, 0.2) is 22.8 Å². The van der Waals surface area contributed by atoms with E-state index in [1.165, 1.54) is 0 Å². The maximum Gasteiger partial charge on any atom is 0.226 e. The zero-order valence-corrected chi connectivity index (χ0v) is 13.7. The number of hydrogen-bond donors (Lipinski definition) is 2. The van der Waals surface area contributed by atoms with Crippen molar-refractivity contribution in [2.75, 3.05) is 45.2 Å². The number of aromatic nitrogens is 1. The summed E-state index contributed by atoms with van der Waals surface area (Å²) in [7, 11) is 2.02. The molecule has 2 N–H and O–H groups in total. The number of carbonyl (C=O) groups is 1. The van der Waals surface area contributed by atoms with E-state index in [9.17, 15) is 9.90 Å². The molecule has 1 unspecified atom stereocenters. The van der Waals surface area contributed by atoms with E-state index in [1.807, 2.05) is 13.1 Å². The van der Waals surface area contributed by atoms with E-state index in [0.29, 0.717) is 18.8 Å².